The predicted molar refractivity (Wildman–Crippen MR) is 55.1 cm³/mol. The second-order valence-corrected chi connectivity index (χ2v) is 3.48. The summed E-state index contributed by atoms with van der Waals surface area (Å²) in [5.41, 5.74) is 6.58. The minimum Gasteiger partial charge on any atom is -0.496 e. The Morgan fingerprint density at radius 1 is 1.54 bits per heavy atom. The van der Waals surface area contributed by atoms with Crippen LogP contribution in [0.25, 0.3) is 0 Å². The van der Waals surface area contributed by atoms with Crippen molar-refractivity contribution >= 4 is 27.4 Å². The van der Waals surface area contributed by atoms with Crippen LogP contribution in [0.3, 0.4) is 0 Å². The SMILES string of the molecule is COc1cc(C(C)=O)c(N)cc1Br. The van der Waals surface area contributed by atoms with Crippen molar-refractivity contribution in [1.82, 2.24) is 0 Å². The van der Waals surface area contributed by atoms with Gasteiger partial charge in [-0.15, -0.1) is 0 Å². The van der Waals surface area contributed by atoms with Gasteiger partial charge >= 0.3 is 0 Å². The van der Waals surface area contributed by atoms with E-state index in [0.717, 1.165) is 4.47 Å². The van der Waals surface area contributed by atoms with Crippen molar-refractivity contribution in [3.63, 3.8) is 0 Å². The summed E-state index contributed by atoms with van der Waals surface area (Å²) in [6.45, 7) is 1.47. The average molecular weight is 244 g/mol. The Labute approximate surface area is 85.0 Å². The van der Waals surface area contributed by atoms with Gasteiger partial charge in [-0.05, 0) is 35.0 Å². The molecule has 0 aliphatic carbocycles. The molecular formula is C9H10BrNO2. The highest BCUT2D eigenvalue weighted by atomic mass is 79.9. The predicted octanol–water partition coefficient (Wildman–Crippen LogP) is 2.24. The van der Waals surface area contributed by atoms with E-state index in [0.29, 0.717) is 17.0 Å². The van der Waals surface area contributed by atoms with Crippen LogP contribution in [0.1, 0.15) is 17.3 Å². The van der Waals surface area contributed by atoms with Crippen molar-refractivity contribution in [3.05, 3.63) is 22.2 Å². The van der Waals surface area contributed by atoms with E-state index in [4.69, 9.17) is 10.5 Å². The van der Waals surface area contributed by atoms with E-state index in [1.165, 1.54) is 6.92 Å². The van der Waals surface area contributed by atoms with Gasteiger partial charge in [0.15, 0.2) is 5.78 Å². The molecule has 0 atom stereocenters. The monoisotopic (exact) mass is 243 g/mol. The van der Waals surface area contributed by atoms with E-state index in [1.807, 2.05) is 0 Å². The van der Waals surface area contributed by atoms with Crippen LogP contribution in [-0.4, -0.2) is 12.9 Å². The number of ketones is 1. The Balaban J connectivity index is 3.30. The number of carbonyl (C=O) groups is 1. The fourth-order valence-corrected chi connectivity index (χ4v) is 1.55. The van der Waals surface area contributed by atoms with Crippen molar-refractivity contribution in [2.75, 3.05) is 12.8 Å². The average Bonchev–Trinajstić information content (AvgIpc) is 2.03. The normalized spacial score (nSPS) is 9.77. The second-order valence-electron chi connectivity index (χ2n) is 2.63. The van der Waals surface area contributed by atoms with Crippen LogP contribution in [0.2, 0.25) is 0 Å². The first-order valence-corrected chi connectivity index (χ1v) is 4.49. The molecule has 4 heteroatoms. The first-order valence-electron chi connectivity index (χ1n) is 3.70. The third-order valence-corrected chi connectivity index (χ3v) is 2.32. The molecular weight excluding hydrogens is 234 g/mol. The maximum atomic E-state index is 11.1. The van der Waals surface area contributed by atoms with Crippen LogP contribution in [-0.2, 0) is 0 Å². The molecule has 1 aromatic carbocycles. The van der Waals surface area contributed by atoms with Gasteiger partial charge in [-0.3, -0.25) is 4.79 Å². The summed E-state index contributed by atoms with van der Waals surface area (Å²) < 4.78 is 5.78. The number of nitrogens with two attached hydrogens (primary N) is 1. The molecule has 0 aliphatic heterocycles. The van der Waals surface area contributed by atoms with E-state index in [-0.39, 0.29) is 5.78 Å². The summed E-state index contributed by atoms with van der Waals surface area (Å²) in [7, 11) is 1.54. The lowest BCUT2D eigenvalue weighted by Crippen LogP contribution is -2.00. The molecule has 3 nitrogen and oxygen atoms in total. The Hall–Kier alpha value is -1.03. The van der Waals surface area contributed by atoms with Crippen LogP contribution < -0.4 is 10.5 Å². The van der Waals surface area contributed by atoms with Crippen LogP contribution in [0.15, 0.2) is 16.6 Å². The number of anilines is 1. The number of hydrogen-bond acceptors (Lipinski definition) is 3. The summed E-state index contributed by atoms with van der Waals surface area (Å²) in [5.74, 6) is 0.544. The molecule has 0 bridgehead atoms. The van der Waals surface area contributed by atoms with Gasteiger partial charge in [-0.2, -0.15) is 0 Å². The molecule has 0 heterocycles. The number of ether oxygens (including phenoxy) is 1. The highest BCUT2D eigenvalue weighted by molar-refractivity contribution is 9.10. The van der Waals surface area contributed by atoms with Gasteiger partial charge < -0.3 is 10.5 Å². The largest absolute Gasteiger partial charge is 0.496 e. The first kappa shape index (κ1) is 10.1. The summed E-state index contributed by atoms with van der Waals surface area (Å²) in [4.78, 5) is 11.1. The van der Waals surface area contributed by atoms with Crippen LogP contribution in [0.5, 0.6) is 5.75 Å². The standard InChI is InChI=1S/C9H10BrNO2/c1-5(12)6-3-9(13-2)7(10)4-8(6)11/h3-4H,11H2,1-2H3. The molecule has 0 saturated carbocycles. The van der Waals surface area contributed by atoms with E-state index in [1.54, 1.807) is 19.2 Å². The number of halogens is 1. The molecule has 0 unspecified atom stereocenters. The Morgan fingerprint density at radius 3 is 2.62 bits per heavy atom. The molecule has 0 radical (unpaired) electrons. The number of nitrogen functional groups attached to an aromatic ring is 1. The van der Waals surface area contributed by atoms with Crippen molar-refractivity contribution in [2.24, 2.45) is 0 Å². The fraction of sp³-hybridized carbons (Fsp3) is 0.222. The molecule has 1 aromatic rings. The van der Waals surface area contributed by atoms with Gasteiger partial charge in [0.25, 0.3) is 0 Å². The molecule has 70 valence electrons. The van der Waals surface area contributed by atoms with Gasteiger partial charge in [0, 0.05) is 11.3 Å². The van der Waals surface area contributed by atoms with Gasteiger partial charge in [0.2, 0.25) is 0 Å². The van der Waals surface area contributed by atoms with Crippen LogP contribution >= 0.6 is 15.9 Å². The maximum absolute atomic E-state index is 11.1. The smallest absolute Gasteiger partial charge is 0.162 e. The first-order chi connectivity index (χ1) is 6.06. The third kappa shape index (κ3) is 2.01. The summed E-state index contributed by atoms with van der Waals surface area (Å²) in [6, 6.07) is 3.29. The van der Waals surface area contributed by atoms with Gasteiger partial charge in [0.1, 0.15) is 5.75 Å². The quantitative estimate of drug-likeness (QED) is 0.641. The second kappa shape index (κ2) is 3.79. The summed E-state index contributed by atoms with van der Waals surface area (Å²) in [5, 5.41) is 0. The van der Waals surface area contributed by atoms with E-state index < -0.39 is 0 Å². The molecule has 0 spiro atoms. The van der Waals surface area contributed by atoms with Gasteiger partial charge in [-0.25, -0.2) is 0 Å². The zero-order chi connectivity index (χ0) is 10.0. The number of benzene rings is 1. The molecule has 0 saturated heterocycles. The molecule has 0 aromatic heterocycles. The number of carbonyl (C=O) groups excluding carboxylic acids is 1. The van der Waals surface area contributed by atoms with Crippen molar-refractivity contribution < 1.29 is 9.53 Å². The van der Waals surface area contributed by atoms with Gasteiger partial charge in [0.05, 0.1) is 11.6 Å². The van der Waals surface area contributed by atoms with E-state index in [9.17, 15) is 4.79 Å². The van der Waals surface area contributed by atoms with Crippen molar-refractivity contribution in [1.29, 1.82) is 0 Å². The van der Waals surface area contributed by atoms with E-state index in [2.05, 4.69) is 15.9 Å². The van der Waals surface area contributed by atoms with Crippen LogP contribution in [0, 0.1) is 0 Å². The minimum atomic E-state index is -0.0664. The molecule has 0 aliphatic rings. The lowest BCUT2D eigenvalue weighted by atomic mass is 10.1. The molecule has 2 N–H and O–H groups in total. The van der Waals surface area contributed by atoms with Gasteiger partial charge in [-0.1, -0.05) is 0 Å². The molecule has 1 rings (SSSR count). The molecule has 0 fully saturated rings. The lowest BCUT2D eigenvalue weighted by Gasteiger charge is -2.07. The molecule has 0 amide bonds. The van der Waals surface area contributed by atoms with Crippen LogP contribution in [0.4, 0.5) is 5.69 Å². The highest BCUT2D eigenvalue weighted by Crippen LogP contribution is 2.29. The number of rotatable bonds is 2. The van der Waals surface area contributed by atoms with Crippen molar-refractivity contribution in [2.45, 2.75) is 6.92 Å². The minimum absolute atomic E-state index is 0.0664. The number of methoxy groups -OCH3 is 1. The zero-order valence-corrected chi connectivity index (χ0v) is 9.01. The number of Topliss-reactive ketones (excluding diaryl/α,β-unsaturated/α-hetero) is 1. The summed E-state index contributed by atoms with van der Waals surface area (Å²) in [6.07, 6.45) is 0. The Kier molecular flexibility index (Phi) is 2.93. The Bertz CT molecular complexity index is 350. The zero-order valence-electron chi connectivity index (χ0n) is 7.43. The summed E-state index contributed by atoms with van der Waals surface area (Å²) >= 11 is 3.27. The maximum Gasteiger partial charge on any atom is 0.162 e. The van der Waals surface area contributed by atoms with Crippen molar-refractivity contribution in [3.8, 4) is 5.75 Å². The molecule has 13 heavy (non-hydrogen) atoms. The topological polar surface area (TPSA) is 52.3 Å². The Morgan fingerprint density at radius 2 is 2.15 bits per heavy atom. The fourth-order valence-electron chi connectivity index (χ4n) is 1.03. The van der Waals surface area contributed by atoms with E-state index >= 15 is 0 Å². The highest BCUT2D eigenvalue weighted by Gasteiger charge is 2.09. The third-order valence-electron chi connectivity index (χ3n) is 1.70. The lowest BCUT2D eigenvalue weighted by molar-refractivity contribution is 0.101. The number of hydrogen-bond donors (Lipinski definition) is 1.